The smallest absolute Gasteiger partial charge is 0.285 e. The molecule has 0 fully saturated rings. The van der Waals surface area contributed by atoms with E-state index in [1.807, 2.05) is 6.92 Å². The lowest BCUT2D eigenvalue weighted by molar-refractivity contribution is 0.386. The number of benzene rings is 1. The monoisotopic (exact) mass is 297 g/mol. The first kappa shape index (κ1) is 14.3. The van der Waals surface area contributed by atoms with Crippen LogP contribution in [0.15, 0.2) is 29.2 Å². The van der Waals surface area contributed by atoms with Crippen LogP contribution in [0.1, 0.15) is 18.5 Å². The molecule has 1 unspecified atom stereocenters. The summed E-state index contributed by atoms with van der Waals surface area (Å²) in [5.74, 6) is -0.273. The highest BCUT2D eigenvalue weighted by Gasteiger charge is 2.12. The Morgan fingerprint density at radius 3 is 2.90 bits per heavy atom. The molecule has 0 aliphatic rings. The first-order valence-corrected chi connectivity index (χ1v) is 6.24. The number of rotatable bonds is 4. The number of methoxy groups -OCH3 is 1. The second-order valence-corrected chi connectivity index (χ2v) is 4.56. The Kier molecular flexibility index (Phi) is 4.24. The van der Waals surface area contributed by atoms with E-state index >= 15 is 0 Å². The number of ether oxygens (including phenoxy) is 1. The third-order valence-electron chi connectivity index (χ3n) is 2.84. The van der Waals surface area contributed by atoms with Crippen LogP contribution < -0.4 is 15.6 Å². The van der Waals surface area contributed by atoms with Gasteiger partial charge in [0.1, 0.15) is 5.02 Å². The highest BCUT2D eigenvalue weighted by Crippen LogP contribution is 2.25. The van der Waals surface area contributed by atoms with Crippen molar-refractivity contribution in [3.8, 4) is 5.75 Å². The molecule has 1 aromatic carbocycles. The summed E-state index contributed by atoms with van der Waals surface area (Å²) in [4.78, 5) is 11.3. The van der Waals surface area contributed by atoms with Crippen LogP contribution in [-0.4, -0.2) is 17.3 Å². The molecule has 5 nitrogen and oxygen atoms in total. The summed E-state index contributed by atoms with van der Waals surface area (Å²) in [5.41, 5.74) is 0.601. The molecule has 20 heavy (non-hydrogen) atoms. The summed E-state index contributed by atoms with van der Waals surface area (Å²) in [5, 5.41) is 8.91. The average molecular weight is 298 g/mol. The number of anilines is 1. The predicted octanol–water partition coefficient (Wildman–Crippen LogP) is 2.74. The van der Waals surface area contributed by atoms with Gasteiger partial charge in [-0.2, -0.15) is 5.10 Å². The molecule has 0 saturated heterocycles. The summed E-state index contributed by atoms with van der Waals surface area (Å²) < 4.78 is 18.5. The van der Waals surface area contributed by atoms with Gasteiger partial charge in [-0.25, -0.2) is 9.49 Å². The molecule has 7 heteroatoms. The fourth-order valence-corrected chi connectivity index (χ4v) is 1.90. The molecule has 0 aliphatic carbocycles. The van der Waals surface area contributed by atoms with Crippen molar-refractivity contribution in [1.29, 1.82) is 0 Å². The van der Waals surface area contributed by atoms with Gasteiger partial charge in [0.05, 0.1) is 19.0 Å². The maximum atomic E-state index is 13.6. The van der Waals surface area contributed by atoms with Crippen molar-refractivity contribution in [1.82, 2.24) is 10.2 Å². The Balaban J connectivity index is 2.24. The summed E-state index contributed by atoms with van der Waals surface area (Å²) in [7, 11) is 1.40. The quantitative estimate of drug-likeness (QED) is 0.910. The molecule has 0 amide bonds. The molecule has 106 valence electrons. The molecule has 1 atom stereocenters. The zero-order chi connectivity index (χ0) is 14.7. The van der Waals surface area contributed by atoms with Crippen molar-refractivity contribution in [2.75, 3.05) is 12.4 Å². The van der Waals surface area contributed by atoms with E-state index in [1.54, 1.807) is 12.1 Å². The molecular weight excluding hydrogens is 285 g/mol. The van der Waals surface area contributed by atoms with Gasteiger partial charge in [-0.1, -0.05) is 17.7 Å². The van der Waals surface area contributed by atoms with Crippen LogP contribution >= 0.6 is 11.6 Å². The minimum absolute atomic E-state index is 0.0147. The Morgan fingerprint density at radius 2 is 2.25 bits per heavy atom. The Morgan fingerprint density at radius 1 is 1.50 bits per heavy atom. The third-order valence-corrected chi connectivity index (χ3v) is 3.22. The standard InChI is InChI=1S/C13H13ClFN3O2/c1-7(8-3-4-11(20-2)9(15)5-8)17-10-6-16-18-13(19)12(10)14/h3-7H,1-2H3,(H2,17,18,19). The van der Waals surface area contributed by atoms with Crippen LogP contribution in [0.2, 0.25) is 5.02 Å². The van der Waals surface area contributed by atoms with E-state index in [4.69, 9.17) is 16.3 Å². The van der Waals surface area contributed by atoms with Crippen LogP contribution in [0.25, 0.3) is 0 Å². The lowest BCUT2D eigenvalue weighted by Gasteiger charge is -2.16. The second-order valence-electron chi connectivity index (χ2n) is 4.19. The lowest BCUT2D eigenvalue weighted by atomic mass is 10.1. The van der Waals surface area contributed by atoms with Gasteiger partial charge in [-0.05, 0) is 24.6 Å². The van der Waals surface area contributed by atoms with Crippen LogP contribution in [0.5, 0.6) is 5.75 Å². The van der Waals surface area contributed by atoms with E-state index in [9.17, 15) is 9.18 Å². The van der Waals surface area contributed by atoms with Gasteiger partial charge >= 0.3 is 0 Å². The Labute approximate surface area is 119 Å². The molecular formula is C13H13ClFN3O2. The van der Waals surface area contributed by atoms with E-state index in [2.05, 4.69) is 15.5 Å². The van der Waals surface area contributed by atoms with Crippen LogP contribution in [0, 0.1) is 5.82 Å². The van der Waals surface area contributed by atoms with E-state index in [-0.39, 0.29) is 16.8 Å². The van der Waals surface area contributed by atoms with Crippen LogP contribution in [-0.2, 0) is 0 Å². The van der Waals surface area contributed by atoms with Crippen molar-refractivity contribution in [3.05, 3.63) is 51.2 Å². The minimum Gasteiger partial charge on any atom is -0.494 e. The molecule has 1 heterocycles. The average Bonchev–Trinajstić information content (AvgIpc) is 2.43. The number of hydrogen-bond donors (Lipinski definition) is 2. The van der Waals surface area contributed by atoms with Crippen LogP contribution in [0.4, 0.5) is 10.1 Å². The van der Waals surface area contributed by atoms with Crippen LogP contribution in [0.3, 0.4) is 0 Å². The molecule has 2 N–H and O–H groups in total. The van der Waals surface area contributed by atoms with Gasteiger partial charge in [0.2, 0.25) is 0 Å². The van der Waals surface area contributed by atoms with E-state index in [0.717, 1.165) is 0 Å². The number of nitrogens with zero attached hydrogens (tertiary/aromatic N) is 1. The number of nitrogens with one attached hydrogen (secondary N) is 2. The predicted molar refractivity (Wildman–Crippen MR) is 74.9 cm³/mol. The molecule has 0 radical (unpaired) electrons. The number of H-pyrrole nitrogens is 1. The molecule has 0 saturated carbocycles. The summed E-state index contributed by atoms with van der Waals surface area (Å²) in [6.07, 6.45) is 1.40. The summed E-state index contributed by atoms with van der Waals surface area (Å²) in [6.45, 7) is 1.82. The van der Waals surface area contributed by atoms with E-state index < -0.39 is 11.4 Å². The van der Waals surface area contributed by atoms with Crippen molar-refractivity contribution >= 4 is 17.3 Å². The maximum absolute atomic E-state index is 13.6. The van der Waals surface area contributed by atoms with Gasteiger partial charge in [0, 0.05) is 6.04 Å². The van der Waals surface area contributed by atoms with Crippen molar-refractivity contribution in [2.24, 2.45) is 0 Å². The SMILES string of the molecule is COc1ccc(C(C)Nc2cn[nH]c(=O)c2Cl)cc1F. The maximum Gasteiger partial charge on any atom is 0.285 e. The minimum atomic E-state index is -0.482. The Bertz CT molecular complexity index is 675. The number of halogens is 2. The normalized spacial score (nSPS) is 12.0. The molecule has 0 bridgehead atoms. The first-order chi connectivity index (χ1) is 9.52. The second kappa shape index (κ2) is 5.92. The van der Waals surface area contributed by atoms with Gasteiger partial charge in [-0.15, -0.1) is 0 Å². The first-order valence-electron chi connectivity index (χ1n) is 5.86. The number of aromatic amines is 1. The van der Waals surface area contributed by atoms with E-state index in [0.29, 0.717) is 11.3 Å². The zero-order valence-electron chi connectivity index (χ0n) is 10.9. The number of hydrogen-bond acceptors (Lipinski definition) is 4. The highest BCUT2D eigenvalue weighted by molar-refractivity contribution is 6.32. The van der Waals surface area contributed by atoms with Crippen molar-refractivity contribution < 1.29 is 9.13 Å². The van der Waals surface area contributed by atoms with Gasteiger partial charge in [0.15, 0.2) is 11.6 Å². The fraction of sp³-hybridized carbons (Fsp3) is 0.231. The zero-order valence-corrected chi connectivity index (χ0v) is 11.7. The van der Waals surface area contributed by atoms with Gasteiger partial charge < -0.3 is 10.1 Å². The Hall–Kier alpha value is -2.08. The van der Waals surface area contributed by atoms with Crippen molar-refractivity contribution in [3.63, 3.8) is 0 Å². The summed E-state index contributed by atoms with van der Waals surface area (Å²) in [6, 6.07) is 4.39. The molecule has 0 spiro atoms. The van der Waals surface area contributed by atoms with Crippen molar-refractivity contribution in [2.45, 2.75) is 13.0 Å². The topological polar surface area (TPSA) is 67.0 Å². The number of aromatic nitrogens is 2. The third kappa shape index (κ3) is 2.91. The molecule has 2 aromatic rings. The lowest BCUT2D eigenvalue weighted by Crippen LogP contribution is -2.14. The molecule has 1 aromatic heterocycles. The fourth-order valence-electron chi connectivity index (χ4n) is 1.75. The largest absolute Gasteiger partial charge is 0.494 e. The molecule has 2 rings (SSSR count). The summed E-state index contributed by atoms with van der Waals surface area (Å²) >= 11 is 5.86. The molecule has 0 aliphatic heterocycles. The van der Waals surface area contributed by atoms with Gasteiger partial charge in [-0.3, -0.25) is 4.79 Å². The highest BCUT2D eigenvalue weighted by atomic mass is 35.5. The van der Waals surface area contributed by atoms with E-state index in [1.165, 1.54) is 19.4 Å². The van der Waals surface area contributed by atoms with Gasteiger partial charge in [0.25, 0.3) is 5.56 Å².